The van der Waals surface area contributed by atoms with Crippen molar-refractivity contribution in [3.8, 4) is 0 Å². The first-order valence-electron chi connectivity index (χ1n) is 7.34. The fourth-order valence-corrected chi connectivity index (χ4v) is 1.41. The first kappa shape index (κ1) is 21.2. The fourth-order valence-electron chi connectivity index (χ4n) is 1.41. The number of rotatable bonds is 6. The summed E-state index contributed by atoms with van der Waals surface area (Å²) in [5.41, 5.74) is -1.39. The smallest absolute Gasteiger partial charge is 0.408 e. The number of hydrogen-bond donors (Lipinski definition) is 2. The van der Waals surface area contributed by atoms with Crippen LogP contribution in [-0.4, -0.2) is 55.5 Å². The fraction of sp³-hybridized carbons (Fsp3) is 0.800. The van der Waals surface area contributed by atoms with Gasteiger partial charge in [-0.3, -0.25) is 4.79 Å². The van der Waals surface area contributed by atoms with Crippen LogP contribution in [0.1, 0.15) is 41.5 Å². The van der Waals surface area contributed by atoms with Crippen molar-refractivity contribution in [2.45, 2.75) is 58.8 Å². The Morgan fingerprint density at radius 3 is 1.91 bits per heavy atom. The van der Waals surface area contributed by atoms with Gasteiger partial charge in [-0.05, 0) is 41.5 Å². The molecular weight excluding hydrogens is 304 g/mol. The molecule has 0 aromatic carbocycles. The summed E-state index contributed by atoms with van der Waals surface area (Å²) in [6.07, 6.45) is -0.742. The number of nitrogens with one attached hydrogen (secondary N) is 2. The number of alkyl carbamates (subject to hydrolysis) is 1. The van der Waals surface area contributed by atoms with Gasteiger partial charge in [0.05, 0.1) is 13.7 Å². The minimum atomic E-state index is -0.992. The highest BCUT2D eigenvalue weighted by Gasteiger charge is 2.28. The average molecular weight is 332 g/mol. The standard InChI is InChI=1S/C15H28N2O6/c1-14(2,3)22-12(19)10(8-16-9-11(18)21-7)17-13(20)23-15(4,5)6/h10,16H,8-9H2,1-7H3,(H,17,20). The number of carbonyl (C=O) groups excluding carboxylic acids is 3. The Morgan fingerprint density at radius 2 is 1.48 bits per heavy atom. The van der Waals surface area contributed by atoms with E-state index in [0.29, 0.717) is 0 Å². The summed E-state index contributed by atoms with van der Waals surface area (Å²) in [5.74, 6) is -1.11. The maximum atomic E-state index is 12.2. The lowest BCUT2D eigenvalue weighted by Gasteiger charge is -2.26. The Labute approximate surface area is 137 Å². The molecule has 0 aromatic rings. The van der Waals surface area contributed by atoms with Gasteiger partial charge in [-0.25, -0.2) is 9.59 Å². The van der Waals surface area contributed by atoms with Crippen molar-refractivity contribution in [1.82, 2.24) is 10.6 Å². The van der Waals surface area contributed by atoms with Crippen molar-refractivity contribution >= 4 is 18.0 Å². The van der Waals surface area contributed by atoms with Crippen molar-refractivity contribution < 1.29 is 28.6 Å². The molecule has 0 fully saturated rings. The summed E-state index contributed by atoms with van der Waals surface area (Å²) in [6.45, 7) is 10.2. The van der Waals surface area contributed by atoms with Crippen molar-refractivity contribution in [2.75, 3.05) is 20.2 Å². The van der Waals surface area contributed by atoms with E-state index in [1.807, 2.05) is 0 Å². The summed E-state index contributed by atoms with van der Waals surface area (Å²) < 4.78 is 14.9. The van der Waals surface area contributed by atoms with Crippen LogP contribution in [0.15, 0.2) is 0 Å². The zero-order valence-electron chi connectivity index (χ0n) is 14.9. The Bertz CT molecular complexity index is 423. The van der Waals surface area contributed by atoms with Crippen LogP contribution in [0.2, 0.25) is 0 Å². The summed E-state index contributed by atoms with van der Waals surface area (Å²) in [5, 5.41) is 5.16. The molecule has 0 rings (SSSR count). The molecule has 0 heterocycles. The maximum absolute atomic E-state index is 12.2. The Kier molecular flexibility index (Phi) is 8.02. The Balaban J connectivity index is 4.75. The highest BCUT2D eigenvalue weighted by atomic mass is 16.6. The molecular formula is C15H28N2O6. The lowest BCUT2D eigenvalue weighted by atomic mass is 10.2. The van der Waals surface area contributed by atoms with Gasteiger partial charge in [0.25, 0.3) is 0 Å². The van der Waals surface area contributed by atoms with Crippen LogP contribution < -0.4 is 10.6 Å². The van der Waals surface area contributed by atoms with Gasteiger partial charge >= 0.3 is 18.0 Å². The van der Waals surface area contributed by atoms with Gasteiger partial charge < -0.3 is 24.8 Å². The average Bonchev–Trinajstić information content (AvgIpc) is 2.32. The molecule has 0 saturated heterocycles. The lowest BCUT2D eigenvalue weighted by Crippen LogP contribution is -2.51. The molecule has 1 amide bonds. The van der Waals surface area contributed by atoms with E-state index in [1.165, 1.54) is 7.11 Å². The molecule has 0 aliphatic heterocycles. The second-order valence-corrected chi connectivity index (χ2v) is 6.94. The van der Waals surface area contributed by atoms with Crippen molar-refractivity contribution in [3.63, 3.8) is 0 Å². The molecule has 2 N–H and O–H groups in total. The molecule has 0 aliphatic carbocycles. The second kappa shape index (κ2) is 8.71. The van der Waals surface area contributed by atoms with E-state index in [4.69, 9.17) is 9.47 Å². The van der Waals surface area contributed by atoms with Crippen LogP contribution >= 0.6 is 0 Å². The lowest BCUT2D eigenvalue weighted by molar-refractivity contribution is -0.157. The molecule has 0 radical (unpaired) electrons. The van der Waals surface area contributed by atoms with Crippen LogP contribution in [0.25, 0.3) is 0 Å². The summed E-state index contributed by atoms with van der Waals surface area (Å²) in [6, 6.07) is -0.992. The van der Waals surface area contributed by atoms with Crippen LogP contribution in [0.3, 0.4) is 0 Å². The van der Waals surface area contributed by atoms with Crippen molar-refractivity contribution in [1.29, 1.82) is 0 Å². The minimum absolute atomic E-state index is 0.00323. The van der Waals surface area contributed by atoms with Gasteiger partial charge in [-0.1, -0.05) is 0 Å². The Morgan fingerprint density at radius 1 is 0.957 bits per heavy atom. The van der Waals surface area contributed by atoms with E-state index in [9.17, 15) is 14.4 Å². The van der Waals surface area contributed by atoms with E-state index in [1.54, 1.807) is 41.5 Å². The second-order valence-electron chi connectivity index (χ2n) is 6.94. The molecule has 134 valence electrons. The summed E-state index contributed by atoms with van der Waals surface area (Å²) >= 11 is 0. The zero-order chi connectivity index (χ0) is 18.3. The molecule has 0 bridgehead atoms. The van der Waals surface area contributed by atoms with Gasteiger partial charge in [0.2, 0.25) is 0 Å². The Hall–Kier alpha value is -1.83. The highest BCUT2D eigenvalue weighted by Crippen LogP contribution is 2.10. The van der Waals surface area contributed by atoms with Gasteiger partial charge in [0.1, 0.15) is 17.2 Å². The topological polar surface area (TPSA) is 103 Å². The minimum Gasteiger partial charge on any atom is -0.468 e. The number of ether oxygens (including phenoxy) is 3. The summed E-state index contributed by atoms with van der Waals surface area (Å²) in [7, 11) is 1.26. The van der Waals surface area contributed by atoms with Crippen LogP contribution in [0.4, 0.5) is 4.79 Å². The summed E-state index contributed by atoms with van der Waals surface area (Å²) in [4.78, 5) is 35.1. The number of amides is 1. The van der Waals surface area contributed by atoms with Gasteiger partial charge in [0, 0.05) is 6.54 Å². The van der Waals surface area contributed by atoms with Crippen molar-refractivity contribution in [3.05, 3.63) is 0 Å². The molecule has 0 aliphatic rings. The molecule has 0 aromatic heterocycles. The number of carbonyl (C=O) groups is 3. The molecule has 0 saturated carbocycles. The normalized spacial score (nSPS) is 13.0. The van der Waals surface area contributed by atoms with E-state index >= 15 is 0 Å². The third-order valence-electron chi connectivity index (χ3n) is 2.23. The molecule has 8 nitrogen and oxygen atoms in total. The quantitative estimate of drug-likeness (QED) is 0.552. The SMILES string of the molecule is COC(=O)CNCC(NC(=O)OC(C)(C)C)C(=O)OC(C)(C)C. The monoisotopic (exact) mass is 332 g/mol. The largest absolute Gasteiger partial charge is 0.468 e. The van der Waals surface area contributed by atoms with E-state index < -0.39 is 35.3 Å². The van der Waals surface area contributed by atoms with Crippen molar-refractivity contribution in [2.24, 2.45) is 0 Å². The maximum Gasteiger partial charge on any atom is 0.408 e. The number of esters is 2. The first-order chi connectivity index (χ1) is 10.3. The van der Waals surface area contributed by atoms with Gasteiger partial charge in [0.15, 0.2) is 0 Å². The van der Waals surface area contributed by atoms with E-state index in [0.717, 1.165) is 0 Å². The van der Waals surface area contributed by atoms with Crippen LogP contribution in [-0.2, 0) is 23.8 Å². The predicted octanol–water partition coefficient (Wildman–Crippen LogP) is 0.984. The van der Waals surface area contributed by atoms with Crippen LogP contribution in [0.5, 0.6) is 0 Å². The highest BCUT2D eigenvalue weighted by molar-refractivity contribution is 5.82. The molecule has 1 unspecified atom stereocenters. The van der Waals surface area contributed by atoms with E-state index in [2.05, 4.69) is 15.4 Å². The van der Waals surface area contributed by atoms with Gasteiger partial charge in [-0.15, -0.1) is 0 Å². The molecule has 1 atom stereocenters. The first-order valence-corrected chi connectivity index (χ1v) is 7.34. The third kappa shape index (κ3) is 11.4. The third-order valence-corrected chi connectivity index (χ3v) is 2.23. The van der Waals surface area contributed by atoms with Gasteiger partial charge in [-0.2, -0.15) is 0 Å². The number of hydrogen-bond acceptors (Lipinski definition) is 7. The number of methoxy groups -OCH3 is 1. The molecule has 23 heavy (non-hydrogen) atoms. The molecule has 0 spiro atoms. The van der Waals surface area contributed by atoms with Crippen LogP contribution in [0, 0.1) is 0 Å². The predicted molar refractivity (Wildman–Crippen MR) is 83.9 cm³/mol. The zero-order valence-corrected chi connectivity index (χ0v) is 14.9. The van der Waals surface area contributed by atoms with E-state index in [-0.39, 0.29) is 13.1 Å². The molecule has 8 heteroatoms.